The molecule has 5 heteroatoms. The molecule has 17 heavy (non-hydrogen) atoms. The van der Waals surface area contributed by atoms with E-state index in [1.165, 1.54) is 0 Å². The first-order valence-corrected chi connectivity index (χ1v) is 6.00. The summed E-state index contributed by atoms with van der Waals surface area (Å²) in [5, 5.41) is 2.61. The summed E-state index contributed by atoms with van der Waals surface area (Å²) in [5.41, 5.74) is 5.45. The number of hydrogen-bond donors (Lipinski definition) is 2. The lowest BCUT2D eigenvalue weighted by Crippen LogP contribution is -2.48. The number of esters is 1. The third kappa shape index (κ3) is 6.94. The number of carbonyl (C=O) groups excluding carboxylic acids is 2. The lowest BCUT2D eigenvalue weighted by molar-refractivity contribution is -0.152. The number of nitrogens with one attached hydrogen (secondary N) is 1. The van der Waals surface area contributed by atoms with Crippen molar-refractivity contribution < 1.29 is 14.3 Å². The molecule has 100 valence electrons. The van der Waals surface area contributed by atoms with Gasteiger partial charge in [0.2, 0.25) is 5.91 Å². The van der Waals surface area contributed by atoms with Crippen LogP contribution in [-0.2, 0) is 14.3 Å². The number of ether oxygens (including phenoxy) is 1. The van der Waals surface area contributed by atoms with E-state index in [1.54, 1.807) is 20.8 Å². The lowest BCUT2D eigenvalue weighted by Gasteiger charge is -2.21. The van der Waals surface area contributed by atoms with Crippen LogP contribution >= 0.6 is 0 Å². The van der Waals surface area contributed by atoms with E-state index >= 15 is 0 Å². The highest BCUT2D eigenvalue weighted by Gasteiger charge is 2.25. The van der Waals surface area contributed by atoms with E-state index in [-0.39, 0.29) is 17.9 Å². The zero-order valence-electron chi connectivity index (χ0n) is 11.3. The van der Waals surface area contributed by atoms with Gasteiger partial charge in [0.1, 0.15) is 6.04 Å². The summed E-state index contributed by atoms with van der Waals surface area (Å²) in [7, 11) is 0. The van der Waals surface area contributed by atoms with Crippen LogP contribution in [0.15, 0.2) is 0 Å². The molecule has 0 saturated carbocycles. The Morgan fingerprint density at radius 1 is 1.18 bits per heavy atom. The molecule has 0 aromatic rings. The molecule has 0 heterocycles. The van der Waals surface area contributed by atoms with Crippen molar-refractivity contribution in [3.8, 4) is 0 Å². The quantitative estimate of drug-likeness (QED) is 0.678. The van der Waals surface area contributed by atoms with Gasteiger partial charge in [-0.25, -0.2) is 4.79 Å². The summed E-state index contributed by atoms with van der Waals surface area (Å²) in [5.74, 6) is -0.452. The fraction of sp³-hybridized carbons (Fsp3) is 0.833. The number of carbonyl (C=O) groups is 2. The van der Waals surface area contributed by atoms with E-state index in [4.69, 9.17) is 10.5 Å². The molecule has 0 spiro atoms. The Labute approximate surface area is 103 Å². The number of rotatable bonds is 6. The van der Waals surface area contributed by atoms with Gasteiger partial charge in [-0.1, -0.05) is 13.8 Å². The molecule has 1 amide bonds. The Hall–Kier alpha value is -1.10. The number of hydrogen-bond acceptors (Lipinski definition) is 4. The average molecular weight is 244 g/mol. The van der Waals surface area contributed by atoms with Gasteiger partial charge in [0.05, 0.1) is 12.1 Å². The fourth-order valence-corrected chi connectivity index (χ4v) is 1.30. The summed E-state index contributed by atoms with van der Waals surface area (Å²) in [4.78, 5) is 23.3. The maximum Gasteiger partial charge on any atom is 0.328 e. The third-order valence-electron chi connectivity index (χ3n) is 2.07. The van der Waals surface area contributed by atoms with Crippen molar-refractivity contribution in [3.63, 3.8) is 0 Å². The highest BCUT2D eigenvalue weighted by molar-refractivity contribution is 5.87. The Kier molecular flexibility index (Phi) is 6.80. The Balaban J connectivity index is 4.53. The van der Waals surface area contributed by atoms with Gasteiger partial charge in [0.15, 0.2) is 0 Å². The summed E-state index contributed by atoms with van der Waals surface area (Å²) in [6, 6.07) is -1.24. The van der Waals surface area contributed by atoms with E-state index < -0.39 is 18.1 Å². The van der Waals surface area contributed by atoms with Crippen LogP contribution in [0, 0.1) is 5.92 Å². The number of amides is 1. The first-order chi connectivity index (χ1) is 7.73. The predicted molar refractivity (Wildman–Crippen MR) is 66.3 cm³/mol. The van der Waals surface area contributed by atoms with Crippen LogP contribution in [0.25, 0.3) is 0 Å². The molecular formula is C12H24N2O3. The highest BCUT2D eigenvalue weighted by atomic mass is 16.5. The van der Waals surface area contributed by atoms with Crippen LogP contribution in [-0.4, -0.2) is 30.1 Å². The van der Waals surface area contributed by atoms with Crippen molar-refractivity contribution in [1.82, 2.24) is 5.32 Å². The van der Waals surface area contributed by atoms with Gasteiger partial charge in [0, 0.05) is 0 Å². The summed E-state index contributed by atoms with van der Waals surface area (Å²) >= 11 is 0. The molecule has 0 fully saturated rings. The zero-order valence-corrected chi connectivity index (χ0v) is 11.3. The summed E-state index contributed by atoms with van der Waals surface area (Å²) in [6.45, 7) is 9.09. The highest BCUT2D eigenvalue weighted by Crippen LogP contribution is 2.08. The van der Waals surface area contributed by atoms with Crippen molar-refractivity contribution in [2.45, 2.75) is 59.2 Å². The molecule has 0 aliphatic heterocycles. The monoisotopic (exact) mass is 244 g/mol. The van der Waals surface area contributed by atoms with Gasteiger partial charge < -0.3 is 15.8 Å². The van der Waals surface area contributed by atoms with Gasteiger partial charge in [-0.2, -0.15) is 0 Å². The maximum atomic E-state index is 11.8. The lowest BCUT2D eigenvalue weighted by atomic mass is 10.0. The molecule has 0 aliphatic rings. The van der Waals surface area contributed by atoms with Crippen molar-refractivity contribution in [2.75, 3.05) is 0 Å². The minimum Gasteiger partial charge on any atom is -0.461 e. The molecule has 2 atom stereocenters. The maximum absolute atomic E-state index is 11.8. The second-order valence-electron chi connectivity index (χ2n) is 4.97. The van der Waals surface area contributed by atoms with E-state index in [0.29, 0.717) is 6.42 Å². The van der Waals surface area contributed by atoms with Crippen LogP contribution in [0.2, 0.25) is 0 Å². The van der Waals surface area contributed by atoms with Crippen molar-refractivity contribution in [2.24, 2.45) is 11.7 Å². The molecule has 3 N–H and O–H groups in total. The van der Waals surface area contributed by atoms with Crippen molar-refractivity contribution >= 4 is 11.9 Å². The van der Waals surface area contributed by atoms with Gasteiger partial charge in [-0.05, 0) is 33.1 Å². The van der Waals surface area contributed by atoms with Crippen LogP contribution in [0.5, 0.6) is 0 Å². The Bertz CT molecular complexity index is 262. The standard InChI is InChI=1S/C12H24N2O3/c1-7(2)6-10(12(16)17-8(3)4)14-11(15)9(5)13/h7-10H,6,13H2,1-5H3,(H,14,15)/t9-,10-/m0/s1. The van der Waals surface area contributed by atoms with Gasteiger partial charge in [-0.15, -0.1) is 0 Å². The SMILES string of the molecule is CC(C)C[C@H](NC(=O)[C@H](C)N)C(=O)OC(C)C. The molecule has 0 rings (SSSR count). The van der Waals surface area contributed by atoms with Crippen LogP contribution in [0.1, 0.15) is 41.0 Å². The van der Waals surface area contributed by atoms with Crippen molar-refractivity contribution in [1.29, 1.82) is 0 Å². The normalized spacial score (nSPS) is 14.6. The van der Waals surface area contributed by atoms with Gasteiger partial charge in [0.25, 0.3) is 0 Å². The second-order valence-corrected chi connectivity index (χ2v) is 4.97. The summed E-state index contributed by atoms with van der Waals surface area (Å²) < 4.78 is 5.10. The van der Waals surface area contributed by atoms with Crippen molar-refractivity contribution in [3.05, 3.63) is 0 Å². The first kappa shape index (κ1) is 15.9. The van der Waals surface area contributed by atoms with E-state index in [2.05, 4.69) is 5.32 Å². The van der Waals surface area contributed by atoms with E-state index in [9.17, 15) is 9.59 Å². The predicted octanol–water partition coefficient (Wildman–Crippen LogP) is 0.816. The van der Waals surface area contributed by atoms with Crippen LogP contribution in [0.4, 0.5) is 0 Å². The molecule has 0 unspecified atom stereocenters. The fourth-order valence-electron chi connectivity index (χ4n) is 1.30. The zero-order chi connectivity index (χ0) is 13.6. The Morgan fingerprint density at radius 3 is 2.06 bits per heavy atom. The largest absolute Gasteiger partial charge is 0.461 e. The molecule has 0 saturated heterocycles. The Morgan fingerprint density at radius 2 is 1.71 bits per heavy atom. The minimum atomic E-state index is -0.628. The smallest absolute Gasteiger partial charge is 0.328 e. The van der Waals surface area contributed by atoms with Crippen LogP contribution < -0.4 is 11.1 Å². The second kappa shape index (κ2) is 7.27. The third-order valence-corrected chi connectivity index (χ3v) is 2.07. The molecule has 0 aromatic heterocycles. The number of nitrogens with two attached hydrogens (primary N) is 1. The molecular weight excluding hydrogens is 220 g/mol. The molecule has 0 bridgehead atoms. The van der Waals surface area contributed by atoms with E-state index in [0.717, 1.165) is 0 Å². The molecule has 0 aromatic carbocycles. The minimum absolute atomic E-state index is 0.190. The first-order valence-electron chi connectivity index (χ1n) is 6.00. The van der Waals surface area contributed by atoms with Crippen LogP contribution in [0.3, 0.4) is 0 Å². The van der Waals surface area contributed by atoms with Gasteiger partial charge in [-0.3, -0.25) is 4.79 Å². The molecule has 0 aliphatic carbocycles. The average Bonchev–Trinajstić information content (AvgIpc) is 2.14. The summed E-state index contributed by atoms with van der Waals surface area (Å²) in [6.07, 6.45) is 0.355. The van der Waals surface area contributed by atoms with Gasteiger partial charge >= 0.3 is 5.97 Å². The molecule has 0 radical (unpaired) electrons. The topological polar surface area (TPSA) is 81.4 Å². The molecule has 5 nitrogen and oxygen atoms in total. The van der Waals surface area contributed by atoms with E-state index in [1.807, 2.05) is 13.8 Å².